The number of nitrogens with zero attached hydrogens (tertiary/aromatic N) is 14. The Balaban J connectivity index is 0.000000111. The first-order valence-corrected chi connectivity index (χ1v) is 51.7. The molecular formula is C98H137N21OS5. The Morgan fingerprint density at radius 1 is 0.432 bits per heavy atom. The molecule has 0 bridgehead atoms. The largest absolute Gasteiger partial charge is 0.367 e. The summed E-state index contributed by atoms with van der Waals surface area (Å²) in [5.74, 6) is 7.81. The molecule has 0 spiro atoms. The number of piperidine rings is 1. The highest BCUT2D eigenvalue weighted by Gasteiger charge is 2.36. The minimum absolute atomic E-state index is 0.332. The fourth-order valence-corrected chi connectivity index (χ4v) is 27.9. The predicted octanol–water partition coefficient (Wildman–Crippen LogP) is 20.2. The monoisotopic (exact) mass is 1780 g/mol. The molecule has 12 heterocycles. The number of aryl methyl sites for hydroxylation is 5. The smallest absolute Gasteiger partial charge is 0.314 e. The Morgan fingerprint density at radius 3 is 1.21 bits per heavy atom. The number of carbonyl (C=O) groups is 1. The molecule has 27 heteroatoms. The van der Waals surface area contributed by atoms with Crippen LogP contribution in [0.4, 0.5) is 33.9 Å². The van der Waals surface area contributed by atoms with Crippen LogP contribution < -0.4 is 43.0 Å². The number of benzene rings is 1. The number of nitrogens with two attached hydrogens (primary N) is 2. The number of piperazine rings is 1. The van der Waals surface area contributed by atoms with E-state index in [1.165, 1.54) is 250 Å². The van der Waals surface area contributed by atoms with Gasteiger partial charge >= 0.3 is 6.03 Å². The number of amides is 2. The predicted molar refractivity (Wildman–Crippen MR) is 524 cm³/mol. The van der Waals surface area contributed by atoms with Crippen molar-refractivity contribution in [3.63, 3.8) is 0 Å². The Morgan fingerprint density at radius 2 is 0.800 bits per heavy atom. The van der Waals surface area contributed by atoms with Crippen LogP contribution in [0.5, 0.6) is 0 Å². The minimum atomic E-state index is -0.332. The quantitative estimate of drug-likeness (QED) is 0.0474. The van der Waals surface area contributed by atoms with Gasteiger partial charge in [0.2, 0.25) is 0 Å². The van der Waals surface area contributed by atoms with Gasteiger partial charge in [0.25, 0.3) is 0 Å². The first-order chi connectivity index (χ1) is 60.7. The number of rotatable bonds is 16. The first kappa shape index (κ1) is 89.5. The lowest BCUT2D eigenvalue weighted by Gasteiger charge is -2.34. The van der Waals surface area contributed by atoms with Gasteiger partial charge in [-0.3, -0.25) is 4.90 Å². The highest BCUT2D eigenvalue weighted by atomic mass is 32.1. The maximum Gasteiger partial charge on any atom is 0.314 e. The van der Waals surface area contributed by atoms with Gasteiger partial charge in [0.05, 0.1) is 26.9 Å². The van der Waals surface area contributed by atoms with E-state index in [-0.39, 0.29) is 6.03 Å². The van der Waals surface area contributed by atoms with E-state index < -0.39 is 0 Å². The van der Waals surface area contributed by atoms with E-state index in [1.54, 1.807) is 46.3 Å². The van der Waals surface area contributed by atoms with Crippen molar-refractivity contribution in [2.75, 3.05) is 86.6 Å². The molecule has 2 saturated heterocycles. The van der Waals surface area contributed by atoms with Gasteiger partial charge in [-0.25, -0.2) is 54.6 Å². The molecule has 11 aromatic rings. The zero-order valence-corrected chi connectivity index (χ0v) is 80.1. The zero-order valence-electron chi connectivity index (χ0n) is 76.0. The van der Waals surface area contributed by atoms with Crippen LogP contribution in [0.2, 0.25) is 0 Å². The topological polar surface area (TPSA) is 271 Å². The van der Waals surface area contributed by atoms with E-state index in [9.17, 15) is 4.79 Å². The summed E-state index contributed by atoms with van der Waals surface area (Å²) < 4.78 is 0. The maximum absolute atomic E-state index is 11.3. The van der Waals surface area contributed by atoms with Crippen LogP contribution in [0.1, 0.15) is 247 Å². The number of thiophene rings is 5. The number of likely N-dealkylation sites (tertiary alicyclic amines) is 1. The van der Waals surface area contributed by atoms with E-state index in [4.69, 9.17) is 11.5 Å². The molecule has 2 aliphatic heterocycles. The van der Waals surface area contributed by atoms with Crippen LogP contribution in [0.15, 0.2) is 62.0 Å². The Bertz CT molecular complexity index is 5440. The first-order valence-electron chi connectivity index (χ1n) is 47.7. The summed E-state index contributed by atoms with van der Waals surface area (Å²) in [7, 11) is 6.48. The highest BCUT2D eigenvalue weighted by Crippen LogP contribution is 2.49. The highest BCUT2D eigenvalue weighted by molar-refractivity contribution is 7.20. The van der Waals surface area contributed by atoms with E-state index in [1.807, 2.05) is 56.7 Å². The van der Waals surface area contributed by atoms with Gasteiger partial charge in [0.15, 0.2) is 0 Å². The standard InChI is InChI=1S/C24H30N4S.C20H30N4S.C19H28N4S.C18H26N4S.C17H23N5OS/c1-2-17-8-9-20-21(14-17)29-24-22(20)23(25-16-26-24)27-19-10-12-28(13-11-19)15-18-6-4-3-5-7-18;1-20(2)10-9-16-15(11-20)17-18(21-12-22-19(17)25-16)23-13-5-7-14(8-6-13)24(3)4;1-19(2)9-8-15-14(10-19)16-17(21-11-22-18(16)24-15)23-13-6-4-12(20-3)5-7-13;1-2-11-3-8-14-15(9-11)23-18-16(14)17(20-10-21-18)22-13-6-4-12(19)5-7-13;1-2-11-3-4-12-13(9-11)24-16-14(12)15(19-10-20-16)21-5-7-22(8-6-21)17(18)23/h3-7,16-17,19H,2,8-15H2,1H3,(H,25,26,27);12-14H,5-11H2,1-4H3,(H,21,22,23);11-13,20H,4-10H2,1-3H3,(H,21,22,23);10-13H,2-9,19H2,1H3,(H,20,21,22);10-11H,2-9H2,1H3,(H2,18,23). The van der Waals surface area contributed by atoms with E-state index in [0.717, 1.165) is 140 Å². The lowest BCUT2D eigenvalue weighted by Crippen LogP contribution is -2.50. The number of primary amides is 1. The summed E-state index contributed by atoms with van der Waals surface area (Å²) >= 11 is 9.38. The summed E-state index contributed by atoms with van der Waals surface area (Å²) in [4.78, 5) is 79.7. The number of nitrogens with one attached hydrogen (secondary N) is 5. The number of fused-ring (bicyclic) bond motifs is 15. The van der Waals surface area contributed by atoms with Crippen molar-refractivity contribution in [2.45, 2.75) is 303 Å². The average Bonchev–Trinajstić information content (AvgIpc) is 1.64. The summed E-state index contributed by atoms with van der Waals surface area (Å²) in [5.41, 5.74) is 21.1. The third kappa shape index (κ3) is 21.0. The minimum Gasteiger partial charge on any atom is -0.367 e. The maximum atomic E-state index is 11.3. The number of carbonyl (C=O) groups excluding carboxylic acids is 1. The SMILES string of the molecule is CCC1CCc2c(sc3ncnc(N4CCN(C(N)=O)CC4)c23)C1.CCC1CCc2c(sc3ncnc(NC4CCC(N)CC4)c23)C1.CCC1CCc2c(sc3ncnc(NC4CCN(Cc5ccccc5)CC4)c23)C1.CN(C)C1CCC(Nc2ncnc3sc4c(c23)CC(C)(C)CC4)CC1.CNC1CCC(Nc2ncnc3sc4c(c23)CC(C)(C)CC4)CC1. The molecule has 3 unspecified atom stereocenters. The molecule has 8 aliphatic carbocycles. The van der Waals surface area contributed by atoms with Gasteiger partial charge < -0.3 is 52.8 Å². The van der Waals surface area contributed by atoms with Gasteiger partial charge in [-0.15, -0.1) is 56.7 Å². The van der Waals surface area contributed by atoms with Crippen LogP contribution in [0.3, 0.4) is 0 Å². The van der Waals surface area contributed by atoms with Gasteiger partial charge in [0, 0.05) is 112 Å². The fourth-order valence-electron chi connectivity index (χ4n) is 21.6. The van der Waals surface area contributed by atoms with Crippen molar-refractivity contribution < 1.29 is 4.79 Å². The van der Waals surface area contributed by atoms with Crippen molar-refractivity contribution in [2.24, 2.45) is 40.1 Å². The molecule has 10 aromatic heterocycles. The summed E-state index contributed by atoms with van der Waals surface area (Å²) in [6, 6.07) is 14.4. The Kier molecular flexibility index (Phi) is 28.8. The number of hydrogen-bond acceptors (Lipinski definition) is 25. The summed E-state index contributed by atoms with van der Waals surface area (Å²) in [6.07, 6.45) is 47.5. The normalized spacial score (nSPS) is 24.2. The van der Waals surface area contributed by atoms with Crippen LogP contribution in [-0.4, -0.2) is 173 Å². The zero-order chi connectivity index (χ0) is 86.5. The molecule has 21 rings (SSSR count). The second-order valence-electron chi connectivity index (χ2n) is 39.6. The molecule has 1 aromatic carbocycles. The van der Waals surface area contributed by atoms with E-state index in [2.05, 4.69) is 191 Å². The van der Waals surface area contributed by atoms with Crippen LogP contribution in [0.25, 0.3) is 51.1 Å². The third-order valence-electron chi connectivity index (χ3n) is 29.7. The fraction of sp³-hybridized carbons (Fsp3) is 0.622. The summed E-state index contributed by atoms with van der Waals surface area (Å²) in [6.45, 7) is 22.7. The molecule has 2 amide bonds. The molecule has 125 heavy (non-hydrogen) atoms. The van der Waals surface area contributed by atoms with Crippen LogP contribution in [0, 0.1) is 28.6 Å². The Hall–Kier alpha value is -7.47. The molecule has 3 atom stereocenters. The van der Waals surface area contributed by atoms with Crippen molar-refractivity contribution in [3.05, 3.63) is 120 Å². The van der Waals surface area contributed by atoms with E-state index >= 15 is 0 Å². The summed E-state index contributed by atoms with van der Waals surface area (Å²) in [5, 5.41) is 24.9. The van der Waals surface area contributed by atoms with Crippen molar-refractivity contribution >= 4 is 143 Å². The molecular weight excluding hydrogens is 1650 g/mol. The van der Waals surface area contributed by atoms with Crippen molar-refractivity contribution in [1.29, 1.82) is 0 Å². The Labute approximate surface area is 761 Å². The number of aromatic nitrogens is 10. The number of hydrogen-bond donors (Lipinski definition) is 7. The number of anilines is 5. The molecule has 670 valence electrons. The second-order valence-corrected chi connectivity index (χ2v) is 45.0. The van der Waals surface area contributed by atoms with Gasteiger partial charge in [0.1, 0.15) is 84.9 Å². The number of urea groups is 1. The average molecular weight is 1790 g/mol. The third-order valence-corrected chi connectivity index (χ3v) is 35.6. The van der Waals surface area contributed by atoms with Crippen LogP contribution in [-0.2, 0) is 70.8 Å². The lowest BCUT2D eigenvalue weighted by atomic mass is 9.76. The van der Waals surface area contributed by atoms with Gasteiger partial charge in [-0.1, -0.05) is 98.1 Å². The van der Waals surface area contributed by atoms with E-state index in [0.29, 0.717) is 60.2 Å². The molecule has 0 radical (unpaired) electrons. The molecule has 10 aliphatic rings. The molecule has 5 fully saturated rings. The second kappa shape index (κ2) is 40.3. The van der Waals surface area contributed by atoms with Crippen LogP contribution >= 0.6 is 56.7 Å². The molecule has 9 N–H and O–H groups in total. The van der Waals surface area contributed by atoms with Crippen molar-refractivity contribution in [1.82, 2.24) is 69.9 Å². The molecule has 3 saturated carbocycles. The van der Waals surface area contributed by atoms with Gasteiger partial charge in [-0.05, 0) is 269 Å². The lowest BCUT2D eigenvalue weighted by molar-refractivity contribution is 0.204. The van der Waals surface area contributed by atoms with Crippen molar-refractivity contribution in [3.8, 4) is 0 Å². The van der Waals surface area contributed by atoms with Gasteiger partial charge in [-0.2, -0.15) is 0 Å². The molecule has 22 nitrogen and oxygen atoms in total.